The molecule has 23 heavy (non-hydrogen) atoms. The average molecular weight is 325 g/mol. The van der Waals surface area contributed by atoms with Crippen molar-refractivity contribution in [1.82, 2.24) is 0 Å². The van der Waals surface area contributed by atoms with E-state index in [0.717, 1.165) is 25.3 Å². The van der Waals surface area contributed by atoms with Crippen molar-refractivity contribution >= 4 is 11.9 Å². The minimum absolute atomic E-state index is 0.402. The van der Waals surface area contributed by atoms with Crippen molar-refractivity contribution in [1.29, 1.82) is 0 Å². The van der Waals surface area contributed by atoms with Gasteiger partial charge in [-0.25, -0.2) is 4.79 Å². The number of hydrogen-bond donors (Lipinski definition) is 1. The van der Waals surface area contributed by atoms with E-state index in [1.54, 1.807) is 0 Å². The number of unbranched alkanes of at least 4 members (excludes halogenated alkanes) is 9. The first-order valence-electron chi connectivity index (χ1n) is 9.17. The first-order valence-corrected chi connectivity index (χ1v) is 9.17. The quantitative estimate of drug-likeness (QED) is 0.270. The average Bonchev–Trinajstić information content (AvgIpc) is 2.54. The standard InChI is InChI=1S/C19H35NO3/c1-4-7-8-9-10-11-12-13-14-15-16-19(6-3,18(20)22)23-17(21)5-2/h5H,2,4,6-16H2,1,3H3,(H2,20,22). The lowest BCUT2D eigenvalue weighted by Crippen LogP contribution is -2.47. The first-order chi connectivity index (χ1) is 11.0. The van der Waals surface area contributed by atoms with Crippen LogP contribution in [0.4, 0.5) is 0 Å². The summed E-state index contributed by atoms with van der Waals surface area (Å²) in [6, 6.07) is 0. The molecular formula is C19H35NO3. The summed E-state index contributed by atoms with van der Waals surface area (Å²) in [5.74, 6) is -1.15. The molecule has 0 aromatic rings. The molecule has 0 radical (unpaired) electrons. The lowest BCUT2D eigenvalue weighted by molar-refractivity contribution is -0.164. The highest BCUT2D eigenvalue weighted by atomic mass is 16.6. The summed E-state index contributed by atoms with van der Waals surface area (Å²) in [6.45, 7) is 7.42. The third-order valence-electron chi connectivity index (χ3n) is 4.42. The zero-order chi connectivity index (χ0) is 17.6. The van der Waals surface area contributed by atoms with Gasteiger partial charge in [-0.05, 0) is 19.3 Å². The van der Waals surface area contributed by atoms with Gasteiger partial charge in [0.1, 0.15) is 0 Å². The number of esters is 1. The molecule has 0 saturated carbocycles. The molecule has 1 amide bonds. The van der Waals surface area contributed by atoms with Crippen LogP contribution in [-0.4, -0.2) is 17.5 Å². The molecule has 0 aromatic heterocycles. The van der Waals surface area contributed by atoms with E-state index in [-0.39, 0.29) is 0 Å². The monoisotopic (exact) mass is 325 g/mol. The Labute approximate surface area is 141 Å². The maximum absolute atomic E-state index is 11.7. The summed E-state index contributed by atoms with van der Waals surface area (Å²) in [6.07, 6.45) is 14.2. The van der Waals surface area contributed by atoms with Crippen LogP contribution in [0.5, 0.6) is 0 Å². The molecule has 0 heterocycles. The topological polar surface area (TPSA) is 69.4 Å². The number of carbonyl (C=O) groups is 2. The van der Waals surface area contributed by atoms with E-state index in [1.807, 2.05) is 6.92 Å². The molecule has 0 fully saturated rings. The van der Waals surface area contributed by atoms with Crippen LogP contribution in [0, 0.1) is 0 Å². The molecule has 0 aliphatic heterocycles. The van der Waals surface area contributed by atoms with Crippen molar-refractivity contribution in [3.05, 3.63) is 12.7 Å². The van der Waals surface area contributed by atoms with Crippen LogP contribution in [0.25, 0.3) is 0 Å². The molecule has 0 spiro atoms. The van der Waals surface area contributed by atoms with Gasteiger partial charge < -0.3 is 10.5 Å². The highest BCUT2D eigenvalue weighted by molar-refractivity contribution is 5.89. The molecule has 1 atom stereocenters. The Balaban J connectivity index is 3.94. The molecule has 2 N–H and O–H groups in total. The second-order valence-corrected chi connectivity index (χ2v) is 6.27. The molecule has 0 aromatic carbocycles. The normalized spacial score (nSPS) is 13.3. The predicted molar refractivity (Wildman–Crippen MR) is 95.0 cm³/mol. The predicted octanol–water partition coefficient (Wildman–Crippen LogP) is 4.66. The van der Waals surface area contributed by atoms with Crippen LogP contribution in [0.3, 0.4) is 0 Å². The second-order valence-electron chi connectivity index (χ2n) is 6.27. The number of amides is 1. The number of hydrogen-bond acceptors (Lipinski definition) is 3. The Morgan fingerprint density at radius 3 is 1.83 bits per heavy atom. The third-order valence-corrected chi connectivity index (χ3v) is 4.42. The number of primary amides is 1. The van der Waals surface area contributed by atoms with Crippen LogP contribution in [-0.2, 0) is 14.3 Å². The molecule has 0 saturated heterocycles. The SMILES string of the molecule is C=CC(=O)OC(CC)(CCCCCCCCCCCC)C(N)=O. The van der Waals surface area contributed by atoms with Crippen LogP contribution in [0.15, 0.2) is 12.7 Å². The Morgan fingerprint density at radius 1 is 0.957 bits per heavy atom. The van der Waals surface area contributed by atoms with Crippen molar-refractivity contribution in [2.75, 3.05) is 0 Å². The zero-order valence-electron chi connectivity index (χ0n) is 15.1. The Morgan fingerprint density at radius 2 is 1.43 bits per heavy atom. The zero-order valence-corrected chi connectivity index (χ0v) is 15.1. The van der Waals surface area contributed by atoms with Gasteiger partial charge in [0.2, 0.25) is 0 Å². The van der Waals surface area contributed by atoms with Crippen molar-refractivity contribution in [2.24, 2.45) is 5.73 Å². The van der Waals surface area contributed by atoms with Gasteiger partial charge in [-0.2, -0.15) is 0 Å². The van der Waals surface area contributed by atoms with Gasteiger partial charge >= 0.3 is 5.97 Å². The molecule has 0 rings (SSSR count). The largest absolute Gasteiger partial charge is 0.446 e. The molecule has 0 aliphatic rings. The van der Waals surface area contributed by atoms with E-state index < -0.39 is 17.5 Å². The number of rotatable bonds is 15. The second kappa shape index (κ2) is 13.1. The van der Waals surface area contributed by atoms with Gasteiger partial charge in [-0.3, -0.25) is 4.79 Å². The number of nitrogens with two attached hydrogens (primary N) is 1. The Kier molecular flexibility index (Phi) is 12.4. The highest BCUT2D eigenvalue weighted by Crippen LogP contribution is 2.24. The van der Waals surface area contributed by atoms with Gasteiger partial charge in [0.25, 0.3) is 5.91 Å². The first kappa shape index (κ1) is 21.7. The Hall–Kier alpha value is -1.32. The molecule has 134 valence electrons. The summed E-state index contributed by atoms with van der Waals surface area (Å²) < 4.78 is 5.25. The number of ether oxygens (including phenoxy) is 1. The summed E-state index contributed by atoms with van der Waals surface area (Å²) in [5, 5.41) is 0. The molecule has 4 heteroatoms. The summed E-state index contributed by atoms with van der Waals surface area (Å²) in [7, 11) is 0. The van der Waals surface area contributed by atoms with Gasteiger partial charge in [-0.15, -0.1) is 0 Å². The van der Waals surface area contributed by atoms with Crippen molar-refractivity contribution in [3.63, 3.8) is 0 Å². The summed E-state index contributed by atoms with van der Waals surface area (Å²) in [5.41, 5.74) is 4.28. The van der Waals surface area contributed by atoms with Gasteiger partial charge in [0.05, 0.1) is 0 Å². The molecule has 0 bridgehead atoms. The van der Waals surface area contributed by atoms with Gasteiger partial charge in [0, 0.05) is 6.08 Å². The molecule has 0 aliphatic carbocycles. The summed E-state index contributed by atoms with van der Waals surface area (Å²) in [4.78, 5) is 23.1. The smallest absolute Gasteiger partial charge is 0.331 e. The van der Waals surface area contributed by atoms with E-state index in [1.165, 1.54) is 44.9 Å². The fourth-order valence-corrected chi connectivity index (χ4v) is 2.78. The third kappa shape index (κ3) is 9.42. The van der Waals surface area contributed by atoms with E-state index in [0.29, 0.717) is 12.8 Å². The van der Waals surface area contributed by atoms with E-state index >= 15 is 0 Å². The van der Waals surface area contributed by atoms with Crippen LogP contribution in [0.2, 0.25) is 0 Å². The van der Waals surface area contributed by atoms with Crippen molar-refractivity contribution in [2.45, 2.75) is 96.5 Å². The van der Waals surface area contributed by atoms with E-state index in [9.17, 15) is 9.59 Å². The fraction of sp³-hybridized carbons (Fsp3) is 0.789. The lowest BCUT2D eigenvalue weighted by Gasteiger charge is -2.28. The molecule has 4 nitrogen and oxygen atoms in total. The van der Waals surface area contributed by atoms with Crippen molar-refractivity contribution in [3.8, 4) is 0 Å². The highest BCUT2D eigenvalue weighted by Gasteiger charge is 2.37. The van der Waals surface area contributed by atoms with Crippen LogP contribution in [0.1, 0.15) is 90.9 Å². The van der Waals surface area contributed by atoms with E-state index in [2.05, 4.69) is 13.5 Å². The van der Waals surface area contributed by atoms with Crippen molar-refractivity contribution < 1.29 is 14.3 Å². The van der Waals surface area contributed by atoms with Gasteiger partial charge in [-0.1, -0.05) is 78.2 Å². The summed E-state index contributed by atoms with van der Waals surface area (Å²) >= 11 is 0. The van der Waals surface area contributed by atoms with E-state index in [4.69, 9.17) is 10.5 Å². The van der Waals surface area contributed by atoms with Crippen LogP contribution >= 0.6 is 0 Å². The maximum Gasteiger partial charge on any atom is 0.331 e. The minimum atomic E-state index is -1.18. The fourth-order valence-electron chi connectivity index (χ4n) is 2.78. The number of carbonyl (C=O) groups excluding carboxylic acids is 2. The Bertz CT molecular complexity index is 355. The molecular weight excluding hydrogens is 290 g/mol. The van der Waals surface area contributed by atoms with Crippen LogP contribution < -0.4 is 5.73 Å². The minimum Gasteiger partial charge on any atom is -0.446 e. The maximum atomic E-state index is 11.7. The lowest BCUT2D eigenvalue weighted by atomic mass is 9.91. The molecule has 1 unspecified atom stereocenters. The van der Waals surface area contributed by atoms with Gasteiger partial charge in [0.15, 0.2) is 5.60 Å².